The van der Waals surface area contributed by atoms with Gasteiger partial charge in [-0.15, -0.1) is 0 Å². The topological polar surface area (TPSA) is 43.4 Å². The summed E-state index contributed by atoms with van der Waals surface area (Å²) in [5.41, 5.74) is 1.08. The first-order valence-corrected chi connectivity index (χ1v) is 6.14. The van der Waals surface area contributed by atoms with E-state index in [1.54, 1.807) is 12.4 Å². The van der Waals surface area contributed by atoms with Crippen molar-refractivity contribution >= 4 is 11.6 Å². The van der Waals surface area contributed by atoms with Gasteiger partial charge in [0.15, 0.2) is 0 Å². The molecule has 0 spiro atoms. The quantitative estimate of drug-likeness (QED) is 0.882. The minimum atomic E-state index is 0.0815. The van der Waals surface area contributed by atoms with Crippen molar-refractivity contribution in [3.63, 3.8) is 0 Å². The van der Waals surface area contributed by atoms with Gasteiger partial charge in [-0.1, -0.05) is 11.6 Å². The Bertz CT molecular complexity index is 356. The number of aromatic nitrogens is 1. The van der Waals surface area contributed by atoms with Gasteiger partial charge in [0.25, 0.3) is 0 Å². The molecule has 1 fully saturated rings. The molecule has 2 heterocycles. The molecule has 1 aromatic heterocycles. The Morgan fingerprint density at radius 3 is 3.12 bits per heavy atom. The molecule has 0 aliphatic carbocycles. The van der Waals surface area contributed by atoms with Gasteiger partial charge in [0, 0.05) is 18.4 Å². The normalized spacial score (nSPS) is 22.4. The first-order valence-electron chi connectivity index (χ1n) is 5.76. The van der Waals surface area contributed by atoms with Gasteiger partial charge in [0.2, 0.25) is 0 Å². The minimum Gasteiger partial charge on any atom is -0.376 e. The molecule has 0 radical (unpaired) electrons. The Kier molecular flexibility index (Phi) is 4.74. The third-order valence-electron chi connectivity index (χ3n) is 2.96. The summed E-state index contributed by atoms with van der Waals surface area (Å²) < 4.78 is 11.1. The van der Waals surface area contributed by atoms with Crippen LogP contribution < -0.4 is 5.32 Å². The van der Waals surface area contributed by atoms with Crippen LogP contribution in [0.15, 0.2) is 18.5 Å². The van der Waals surface area contributed by atoms with E-state index in [0.717, 1.165) is 12.0 Å². The van der Waals surface area contributed by atoms with E-state index < -0.39 is 0 Å². The van der Waals surface area contributed by atoms with Crippen molar-refractivity contribution in [2.24, 2.45) is 0 Å². The van der Waals surface area contributed by atoms with Crippen LogP contribution in [0.4, 0.5) is 0 Å². The number of hydrogen-bond acceptors (Lipinski definition) is 4. The maximum Gasteiger partial charge on any atom is 0.0965 e. The van der Waals surface area contributed by atoms with Crippen LogP contribution in [0.1, 0.15) is 5.56 Å². The van der Waals surface area contributed by atoms with Gasteiger partial charge in [-0.2, -0.15) is 0 Å². The third-order valence-corrected chi connectivity index (χ3v) is 3.30. The molecule has 1 saturated heterocycles. The lowest BCUT2D eigenvalue weighted by molar-refractivity contribution is -0.100. The first kappa shape index (κ1) is 12.8. The number of likely N-dealkylation sites (N-methyl/N-ethyl adjacent to an activating group) is 1. The van der Waals surface area contributed by atoms with E-state index in [9.17, 15) is 0 Å². The Morgan fingerprint density at radius 1 is 1.59 bits per heavy atom. The lowest BCUT2D eigenvalue weighted by Crippen LogP contribution is -2.46. The van der Waals surface area contributed by atoms with Crippen molar-refractivity contribution < 1.29 is 9.47 Å². The highest BCUT2D eigenvalue weighted by Gasteiger charge is 2.24. The van der Waals surface area contributed by atoms with E-state index in [0.29, 0.717) is 24.8 Å². The van der Waals surface area contributed by atoms with E-state index in [1.165, 1.54) is 0 Å². The SMILES string of the molecule is CNC(Cc1ccncc1Cl)C1COCCO1. The van der Waals surface area contributed by atoms with E-state index in [-0.39, 0.29) is 12.1 Å². The number of rotatable bonds is 4. The highest BCUT2D eigenvalue weighted by Crippen LogP contribution is 2.18. The van der Waals surface area contributed by atoms with Crippen LogP contribution in [0.5, 0.6) is 0 Å². The lowest BCUT2D eigenvalue weighted by atomic mass is 10.0. The monoisotopic (exact) mass is 256 g/mol. The van der Waals surface area contributed by atoms with Crippen LogP contribution in [0, 0.1) is 0 Å². The predicted molar refractivity (Wildman–Crippen MR) is 66.4 cm³/mol. The molecular formula is C12H17ClN2O2. The maximum absolute atomic E-state index is 6.10. The summed E-state index contributed by atoms with van der Waals surface area (Å²) in [6.45, 7) is 1.98. The van der Waals surface area contributed by atoms with Crippen molar-refractivity contribution in [1.82, 2.24) is 10.3 Å². The van der Waals surface area contributed by atoms with E-state index in [1.807, 2.05) is 13.1 Å². The van der Waals surface area contributed by atoms with Gasteiger partial charge in [0.1, 0.15) is 0 Å². The van der Waals surface area contributed by atoms with Gasteiger partial charge < -0.3 is 14.8 Å². The minimum absolute atomic E-state index is 0.0815. The summed E-state index contributed by atoms with van der Waals surface area (Å²) in [6.07, 6.45) is 4.32. The number of halogens is 1. The van der Waals surface area contributed by atoms with Crippen LogP contribution in [-0.4, -0.2) is 44.0 Å². The van der Waals surface area contributed by atoms with Crippen molar-refractivity contribution in [3.05, 3.63) is 29.0 Å². The fourth-order valence-electron chi connectivity index (χ4n) is 1.96. The summed E-state index contributed by atoms with van der Waals surface area (Å²) in [5.74, 6) is 0. The molecule has 2 unspecified atom stereocenters. The Balaban J connectivity index is 2.01. The molecule has 0 amide bonds. The van der Waals surface area contributed by atoms with E-state index in [2.05, 4.69) is 10.3 Å². The number of pyridine rings is 1. The zero-order valence-corrected chi connectivity index (χ0v) is 10.6. The molecule has 1 aliphatic heterocycles. The van der Waals surface area contributed by atoms with Gasteiger partial charge >= 0.3 is 0 Å². The van der Waals surface area contributed by atoms with Crippen LogP contribution in [-0.2, 0) is 15.9 Å². The first-order chi connectivity index (χ1) is 8.31. The highest BCUT2D eigenvalue weighted by molar-refractivity contribution is 6.31. The molecule has 4 nitrogen and oxygen atoms in total. The average molecular weight is 257 g/mol. The zero-order chi connectivity index (χ0) is 12.1. The van der Waals surface area contributed by atoms with Gasteiger partial charge in [-0.05, 0) is 25.1 Å². The number of hydrogen-bond donors (Lipinski definition) is 1. The van der Waals surface area contributed by atoms with Crippen LogP contribution in [0.25, 0.3) is 0 Å². The summed E-state index contributed by atoms with van der Waals surface area (Å²) in [5, 5.41) is 3.96. The van der Waals surface area contributed by atoms with E-state index >= 15 is 0 Å². The Morgan fingerprint density at radius 2 is 2.47 bits per heavy atom. The fraction of sp³-hybridized carbons (Fsp3) is 0.583. The predicted octanol–water partition coefficient (Wildman–Crippen LogP) is 1.28. The molecule has 0 bridgehead atoms. The molecular weight excluding hydrogens is 240 g/mol. The second-order valence-electron chi connectivity index (χ2n) is 4.05. The van der Waals surface area contributed by atoms with Crippen molar-refractivity contribution in [2.45, 2.75) is 18.6 Å². The molecule has 2 rings (SSSR count). The Labute approximate surface area is 106 Å². The fourth-order valence-corrected chi connectivity index (χ4v) is 2.16. The molecule has 17 heavy (non-hydrogen) atoms. The number of nitrogens with one attached hydrogen (secondary N) is 1. The largest absolute Gasteiger partial charge is 0.376 e. The van der Waals surface area contributed by atoms with Gasteiger partial charge in [-0.3, -0.25) is 4.98 Å². The Hall–Kier alpha value is -0.680. The van der Waals surface area contributed by atoms with Gasteiger partial charge in [-0.25, -0.2) is 0 Å². The molecule has 0 aromatic carbocycles. The van der Waals surface area contributed by atoms with Crippen molar-refractivity contribution in [2.75, 3.05) is 26.9 Å². The van der Waals surface area contributed by atoms with Crippen molar-refractivity contribution in [1.29, 1.82) is 0 Å². The van der Waals surface area contributed by atoms with E-state index in [4.69, 9.17) is 21.1 Å². The second kappa shape index (κ2) is 6.31. The smallest absolute Gasteiger partial charge is 0.0965 e. The van der Waals surface area contributed by atoms with Crippen LogP contribution in [0.2, 0.25) is 5.02 Å². The summed E-state index contributed by atoms with van der Waals surface area (Å²) in [4.78, 5) is 3.98. The molecule has 5 heteroatoms. The summed E-state index contributed by atoms with van der Waals surface area (Å²) in [7, 11) is 1.93. The second-order valence-corrected chi connectivity index (χ2v) is 4.46. The summed E-state index contributed by atoms with van der Waals surface area (Å²) >= 11 is 6.10. The highest BCUT2D eigenvalue weighted by atomic mass is 35.5. The molecule has 0 saturated carbocycles. The van der Waals surface area contributed by atoms with Crippen molar-refractivity contribution in [3.8, 4) is 0 Å². The summed E-state index contributed by atoms with van der Waals surface area (Å²) in [6, 6.07) is 2.14. The van der Waals surface area contributed by atoms with Crippen LogP contribution >= 0.6 is 11.6 Å². The lowest BCUT2D eigenvalue weighted by Gasteiger charge is -2.30. The molecule has 1 N–H and O–H groups in total. The van der Waals surface area contributed by atoms with Crippen LogP contribution in [0.3, 0.4) is 0 Å². The molecule has 94 valence electrons. The standard InChI is InChI=1S/C12H17ClN2O2/c1-14-11(12-8-16-4-5-17-12)6-9-2-3-15-7-10(9)13/h2-3,7,11-12,14H,4-6,8H2,1H3. The average Bonchev–Trinajstić information content (AvgIpc) is 2.39. The number of ether oxygens (including phenoxy) is 2. The zero-order valence-electron chi connectivity index (χ0n) is 9.86. The molecule has 1 aliphatic rings. The number of nitrogens with zero attached hydrogens (tertiary/aromatic N) is 1. The maximum atomic E-state index is 6.10. The molecule has 1 aromatic rings. The van der Waals surface area contributed by atoms with Gasteiger partial charge in [0.05, 0.1) is 30.9 Å². The molecule has 2 atom stereocenters. The third kappa shape index (κ3) is 3.39.